The fourth-order valence-electron chi connectivity index (χ4n) is 3.18. The molecule has 8 nitrogen and oxygen atoms in total. The summed E-state index contributed by atoms with van der Waals surface area (Å²) in [7, 11) is 1.48. The SMILES string of the molecule is COc1cccc(-n2c(=O)[nH]c(=O)n(-c3ccc(Oc4ccccc4)c(C)c3)c2=O)c1. The molecular formula is C23H19N3O5. The molecule has 0 amide bonds. The topological polar surface area (TPSA) is 95.3 Å². The van der Waals surface area contributed by atoms with Crippen LogP contribution in [0.25, 0.3) is 11.4 Å². The molecule has 0 bridgehead atoms. The molecule has 0 saturated carbocycles. The number of para-hydroxylation sites is 1. The first kappa shape index (κ1) is 20.0. The van der Waals surface area contributed by atoms with E-state index >= 15 is 0 Å². The van der Waals surface area contributed by atoms with E-state index in [1.807, 2.05) is 30.3 Å². The Labute approximate surface area is 176 Å². The summed E-state index contributed by atoms with van der Waals surface area (Å²) < 4.78 is 12.8. The van der Waals surface area contributed by atoms with Crippen LogP contribution in [0.3, 0.4) is 0 Å². The molecule has 1 N–H and O–H groups in total. The Hall–Kier alpha value is -4.33. The molecule has 0 aliphatic heterocycles. The summed E-state index contributed by atoms with van der Waals surface area (Å²) in [4.78, 5) is 40.2. The molecule has 0 atom stereocenters. The highest BCUT2D eigenvalue weighted by molar-refractivity contribution is 5.46. The van der Waals surface area contributed by atoms with Crippen molar-refractivity contribution in [3.8, 4) is 28.6 Å². The van der Waals surface area contributed by atoms with Gasteiger partial charge >= 0.3 is 17.1 Å². The van der Waals surface area contributed by atoms with Gasteiger partial charge < -0.3 is 9.47 Å². The molecule has 0 aliphatic rings. The molecule has 0 radical (unpaired) electrons. The quantitative estimate of drug-likeness (QED) is 0.539. The minimum Gasteiger partial charge on any atom is -0.497 e. The zero-order valence-corrected chi connectivity index (χ0v) is 16.9. The van der Waals surface area contributed by atoms with E-state index in [1.54, 1.807) is 43.3 Å². The van der Waals surface area contributed by atoms with Gasteiger partial charge in [-0.3, -0.25) is 4.98 Å². The van der Waals surface area contributed by atoms with Gasteiger partial charge in [0.15, 0.2) is 0 Å². The number of aryl methyl sites for hydroxylation is 1. The van der Waals surface area contributed by atoms with Crippen LogP contribution in [-0.4, -0.2) is 21.2 Å². The second-order valence-electron chi connectivity index (χ2n) is 6.76. The summed E-state index contributed by atoms with van der Waals surface area (Å²) in [5.74, 6) is 1.72. The maximum atomic E-state index is 13.1. The molecule has 0 saturated heterocycles. The highest BCUT2D eigenvalue weighted by Crippen LogP contribution is 2.26. The number of methoxy groups -OCH3 is 1. The first-order chi connectivity index (χ1) is 15.0. The lowest BCUT2D eigenvalue weighted by atomic mass is 10.2. The molecule has 4 rings (SSSR count). The lowest BCUT2D eigenvalue weighted by molar-refractivity contribution is 0.414. The summed E-state index contributed by atoms with van der Waals surface area (Å²) in [5, 5.41) is 0. The standard InChI is InChI=1S/C23H19N3O5/c1-15-13-17(11-12-20(15)31-18-8-4-3-5-9-18)26-22(28)24-21(27)25(23(26)29)16-7-6-10-19(14-16)30-2/h3-14H,1-2H3,(H,24,27,28). The third kappa shape index (κ3) is 3.91. The molecule has 1 aromatic heterocycles. The van der Waals surface area contributed by atoms with Crippen LogP contribution in [0.1, 0.15) is 5.56 Å². The molecule has 0 fully saturated rings. The number of ether oxygens (including phenoxy) is 2. The van der Waals surface area contributed by atoms with Crippen molar-refractivity contribution in [1.29, 1.82) is 0 Å². The minimum absolute atomic E-state index is 0.278. The van der Waals surface area contributed by atoms with Crippen LogP contribution in [0.5, 0.6) is 17.2 Å². The Balaban J connectivity index is 1.81. The third-order valence-corrected chi connectivity index (χ3v) is 4.70. The van der Waals surface area contributed by atoms with Crippen LogP contribution in [-0.2, 0) is 0 Å². The molecule has 0 unspecified atom stereocenters. The molecule has 4 aromatic rings. The van der Waals surface area contributed by atoms with E-state index in [1.165, 1.54) is 13.2 Å². The molecule has 0 aliphatic carbocycles. The van der Waals surface area contributed by atoms with Crippen LogP contribution in [0.4, 0.5) is 0 Å². The van der Waals surface area contributed by atoms with Crippen molar-refractivity contribution in [3.63, 3.8) is 0 Å². The lowest BCUT2D eigenvalue weighted by Gasteiger charge is -2.13. The first-order valence-corrected chi connectivity index (χ1v) is 9.44. The predicted octanol–water partition coefficient (Wildman–Crippen LogP) is 2.79. The smallest absolute Gasteiger partial charge is 0.345 e. The van der Waals surface area contributed by atoms with Crippen LogP contribution >= 0.6 is 0 Å². The van der Waals surface area contributed by atoms with Gasteiger partial charge in [0.1, 0.15) is 17.2 Å². The normalized spacial score (nSPS) is 10.6. The van der Waals surface area contributed by atoms with Crippen LogP contribution in [0.2, 0.25) is 0 Å². The van der Waals surface area contributed by atoms with Gasteiger partial charge in [-0.1, -0.05) is 24.3 Å². The van der Waals surface area contributed by atoms with Crippen molar-refractivity contribution in [1.82, 2.24) is 14.1 Å². The maximum absolute atomic E-state index is 13.1. The van der Waals surface area contributed by atoms with Crippen LogP contribution < -0.4 is 26.5 Å². The zero-order chi connectivity index (χ0) is 22.0. The Morgan fingerprint density at radius 1 is 0.742 bits per heavy atom. The molecule has 31 heavy (non-hydrogen) atoms. The summed E-state index contributed by atoms with van der Waals surface area (Å²) in [6.45, 7) is 1.80. The summed E-state index contributed by atoms with van der Waals surface area (Å²) >= 11 is 0. The molecular weight excluding hydrogens is 398 g/mol. The number of aromatic nitrogens is 3. The highest BCUT2D eigenvalue weighted by Gasteiger charge is 2.15. The minimum atomic E-state index is -0.833. The van der Waals surface area contributed by atoms with Gasteiger partial charge in [0.2, 0.25) is 0 Å². The van der Waals surface area contributed by atoms with Crippen LogP contribution in [0, 0.1) is 6.92 Å². The number of hydrogen-bond donors (Lipinski definition) is 1. The summed E-state index contributed by atoms with van der Waals surface area (Å²) in [5.41, 5.74) is -1.16. The number of hydrogen-bond acceptors (Lipinski definition) is 5. The van der Waals surface area contributed by atoms with Gasteiger partial charge in [-0.2, -0.15) is 0 Å². The zero-order valence-electron chi connectivity index (χ0n) is 16.9. The second kappa shape index (κ2) is 8.19. The van der Waals surface area contributed by atoms with Gasteiger partial charge in [-0.05, 0) is 55.0 Å². The van der Waals surface area contributed by atoms with Gasteiger partial charge in [0.25, 0.3) is 0 Å². The van der Waals surface area contributed by atoms with Crippen molar-refractivity contribution < 1.29 is 9.47 Å². The summed E-state index contributed by atoms with van der Waals surface area (Å²) in [6, 6.07) is 20.6. The molecule has 8 heteroatoms. The molecule has 156 valence electrons. The number of nitrogens with zero attached hydrogens (tertiary/aromatic N) is 2. The van der Waals surface area contributed by atoms with Crippen LogP contribution in [0.15, 0.2) is 87.2 Å². The number of benzene rings is 3. The van der Waals surface area contributed by atoms with E-state index in [0.717, 1.165) is 9.13 Å². The molecule has 1 heterocycles. The highest BCUT2D eigenvalue weighted by atomic mass is 16.5. The number of rotatable bonds is 5. The molecule has 3 aromatic carbocycles. The largest absolute Gasteiger partial charge is 0.497 e. The number of aromatic amines is 1. The van der Waals surface area contributed by atoms with E-state index in [4.69, 9.17) is 9.47 Å². The Kier molecular flexibility index (Phi) is 5.28. The fraction of sp³-hybridized carbons (Fsp3) is 0.0870. The monoisotopic (exact) mass is 417 g/mol. The van der Waals surface area contributed by atoms with E-state index in [0.29, 0.717) is 28.5 Å². The third-order valence-electron chi connectivity index (χ3n) is 4.70. The summed E-state index contributed by atoms with van der Waals surface area (Å²) in [6.07, 6.45) is 0. The van der Waals surface area contributed by atoms with Crippen molar-refractivity contribution in [2.45, 2.75) is 6.92 Å². The maximum Gasteiger partial charge on any atom is 0.345 e. The number of H-pyrrole nitrogens is 1. The number of nitrogens with one attached hydrogen (secondary N) is 1. The molecule has 0 spiro atoms. The average Bonchev–Trinajstić information content (AvgIpc) is 2.76. The van der Waals surface area contributed by atoms with Crippen molar-refractivity contribution in [2.75, 3.05) is 7.11 Å². The van der Waals surface area contributed by atoms with Crippen molar-refractivity contribution >= 4 is 0 Å². The van der Waals surface area contributed by atoms with Gasteiger partial charge in [0.05, 0.1) is 18.5 Å². The Bertz CT molecular complexity index is 1420. The van der Waals surface area contributed by atoms with E-state index in [2.05, 4.69) is 4.98 Å². The van der Waals surface area contributed by atoms with Crippen molar-refractivity contribution in [3.05, 3.63) is 110 Å². The van der Waals surface area contributed by atoms with Crippen molar-refractivity contribution in [2.24, 2.45) is 0 Å². The van der Waals surface area contributed by atoms with Gasteiger partial charge in [0, 0.05) is 6.07 Å². The average molecular weight is 417 g/mol. The second-order valence-corrected chi connectivity index (χ2v) is 6.76. The van der Waals surface area contributed by atoms with Gasteiger partial charge in [-0.15, -0.1) is 0 Å². The predicted molar refractivity (Wildman–Crippen MR) is 116 cm³/mol. The first-order valence-electron chi connectivity index (χ1n) is 9.44. The fourth-order valence-corrected chi connectivity index (χ4v) is 3.18. The van der Waals surface area contributed by atoms with E-state index in [9.17, 15) is 14.4 Å². The lowest BCUT2D eigenvalue weighted by Crippen LogP contribution is -2.48. The van der Waals surface area contributed by atoms with E-state index < -0.39 is 17.1 Å². The Morgan fingerprint density at radius 2 is 1.39 bits per heavy atom. The van der Waals surface area contributed by atoms with Gasteiger partial charge in [-0.25, -0.2) is 23.5 Å². The van der Waals surface area contributed by atoms with E-state index in [-0.39, 0.29) is 5.69 Å². The Morgan fingerprint density at radius 3 is 2.03 bits per heavy atom.